The Morgan fingerprint density at radius 1 is 1.53 bits per heavy atom. The molecule has 90 valence electrons. The average Bonchev–Trinajstić information content (AvgIpc) is 2.83. The minimum absolute atomic E-state index is 0.223. The summed E-state index contributed by atoms with van der Waals surface area (Å²) in [5, 5.41) is 13.5. The van der Waals surface area contributed by atoms with Crippen molar-refractivity contribution in [1.82, 2.24) is 5.32 Å². The molecule has 0 aliphatic carbocycles. The van der Waals surface area contributed by atoms with Gasteiger partial charge in [-0.3, -0.25) is 0 Å². The Morgan fingerprint density at radius 2 is 2.35 bits per heavy atom. The van der Waals surface area contributed by atoms with Crippen molar-refractivity contribution in [3.63, 3.8) is 0 Å². The van der Waals surface area contributed by atoms with Gasteiger partial charge in [-0.15, -0.1) is 0 Å². The van der Waals surface area contributed by atoms with Gasteiger partial charge < -0.3 is 14.8 Å². The number of phenols is 1. The van der Waals surface area contributed by atoms with E-state index in [0.29, 0.717) is 10.3 Å². The molecule has 1 aliphatic heterocycles. The third-order valence-corrected chi connectivity index (χ3v) is 4.20. The van der Waals surface area contributed by atoms with Gasteiger partial charge >= 0.3 is 4.94 Å². The number of fused-ring (bicyclic) bond motifs is 1. The highest BCUT2D eigenvalue weighted by Gasteiger charge is 2.33. The Kier molecular flexibility index (Phi) is 2.27. The number of benzene rings is 1. The van der Waals surface area contributed by atoms with E-state index < -0.39 is 0 Å². The Morgan fingerprint density at radius 3 is 3.06 bits per heavy atom. The van der Waals surface area contributed by atoms with Gasteiger partial charge in [0.15, 0.2) is 0 Å². The Hall–Kier alpha value is -1.33. The first kappa shape index (κ1) is 10.8. The Balaban J connectivity index is 2.22. The van der Waals surface area contributed by atoms with Crippen LogP contribution in [0.2, 0.25) is 0 Å². The fourth-order valence-corrected chi connectivity index (χ4v) is 3.16. The van der Waals surface area contributed by atoms with Crippen molar-refractivity contribution in [2.24, 2.45) is 0 Å². The molecule has 0 spiro atoms. The van der Waals surface area contributed by atoms with E-state index in [0.717, 1.165) is 36.3 Å². The Labute approximate surface area is 102 Å². The molecule has 1 aromatic carbocycles. The molecule has 2 heterocycles. The molecular weight excluding hydrogens is 238 g/mol. The van der Waals surface area contributed by atoms with Crippen LogP contribution in [0.5, 0.6) is 5.75 Å². The van der Waals surface area contributed by atoms with Gasteiger partial charge in [0.25, 0.3) is 0 Å². The van der Waals surface area contributed by atoms with E-state index in [1.54, 1.807) is 12.1 Å². The van der Waals surface area contributed by atoms with E-state index in [-0.39, 0.29) is 16.2 Å². The molecule has 5 heteroatoms. The van der Waals surface area contributed by atoms with E-state index >= 15 is 0 Å². The molecule has 0 radical (unpaired) electrons. The second-order valence-corrected chi connectivity index (χ2v) is 5.61. The Bertz CT molecular complexity index is 622. The van der Waals surface area contributed by atoms with Crippen LogP contribution in [-0.2, 0) is 5.54 Å². The zero-order chi connectivity index (χ0) is 12.0. The van der Waals surface area contributed by atoms with Crippen LogP contribution in [0.15, 0.2) is 21.3 Å². The van der Waals surface area contributed by atoms with E-state index in [1.165, 1.54) is 0 Å². The highest BCUT2D eigenvalue weighted by atomic mass is 32.1. The van der Waals surface area contributed by atoms with Crippen LogP contribution in [0.4, 0.5) is 0 Å². The van der Waals surface area contributed by atoms with Crippen molar-refractivity contribution in [2.45, 2.75) is 25.3 Å². The number of hydrogen-bond donors (Lipinski definition) is 2. The maximum atomic E-state index is 11.2. The van der Waals surface area contributed by atoms with Crippen LogP contribution in [0.3, 0.4) is 0 Å². The number of hydrogen-bond acceptors (Lipinski definition) is 5. The first-order valence-corrected chi connectivity index (χ1v) is 6.42. The van der Waals surface area contributed by atoms with E-state index in [4.69, 9.17) is 4.42 Å². The predicted octanol–water partition coefficient (Wildman–Crippen LogP) is 2.16. The second kappa shape index (κ2) is 3.58. The standard InChI is InChI=1S/C12H13NO3S/c1-12(3-2-4-13-12)7-5-9-10(6-8(7)14)17-11(15)16-9/h5-6,13-14H,2-4H2,1H3. The molecule has 4 nitrogen and oxygen atoms in total. The molecule has 0 saturated carbocycles. The smallest absolute Gasteiger partial charge is 0.396 e. The summed E-state index contributed by atoms with van der Waals surface area (Å²) in [5.74, 6) is 0.228. The molecule has 0 bridgehead atoms. The van der Waals surface area contributed by atoms with Gasteiger partial charge in [0, 0.05) is 17.2 Å². The van der Waals surface area contributed by atoms with Crippen LogP contribution >= 0.6 is 11.3 Å². The molecule has 2 N–H and O–H groups in total. The second-order valence-electron chi connectivity index (χ2n) is 4.63. The number of nitrogens with one attached hydrogen (secondary N) is 1. The lowest BCUT2D eigenvalue weighted by Crippen LogP contribution is -2.33. The van der Waals surface area contributed by atoms with Gasteiger partial charge in [0.05, 0.1) is 4.70 Å². The van der Waals surface area contributed by atoms with Gasteiger partial charge in [0.2, 0.25) is 0 Å². The summed E-state index contributed by atoms with van der Waals surface area (Å²) >= 11 is 1.01. The molecular formula is C12H13NO3S. The average molecular weight is 251 g/mol. The molecule has 3 rings (SSSR count). The zero-order valence-corrected chi connectivity index (χ0v) is 10.3. The van der Waals surface area contributed by atoms with E-state index in [9.17, 15) is 9.90 Å². The summed E-state index contributed by atoms with van der Waals surface area (Å²) in [7, 11) is 0. The van der Waals surface area contributed by atoms with Gasteiger partial charge in [-0.25, -0.2) is 4.79 Å². The van der Waals surface area contributed by atoms with Crippen molar-refractivity contribution in [3.8, 4) is 5.75 Å². The first-order chi connectivity index (χ1) is 8.08. The van der Waals surface area contributed by atoms with Crippen molar-refractivity contribution < 1.29 is 9.52 Å². The quantitative estimate of drug-likeness (QED) is 0.815. The minimum atomic E-state index is -0.332. The van der Waals surface area contributed by atoms with E-state index in [1.807, 2.05) is 0 Å². The third kappa shape index (κ3) is 1.66. The van der Waals surface area contributed by atoms with Gasteiger partial charge in [-0.1, -0.05) is 11.3 Å². The predicted molar refractivity (Wildman–Crippen MR) is 66.6 cm³/mol. The van der Waals surface area contributed by atoms with Crippen molar-refractivity contribution in [1.29, 1.82) is 0 Å². The van der Waals surface area contributed by atoms with Crippen molar-refractivity contribution in [2.75, 3.05) is 6.54 Å². The summed E-state index contributed by atoms with van der Waals surface area (Å²) in [5.41, 5.74) is 1.14. The fraction of sp³-hybridized carbons (Fsp3) is 0.417. The summed E-state index contributed by atoms with van der Waals surface area (Å²) in [4.78, 5) is 10.8. The highest BCUT2D eigenvalue weighted by molar-refractivity contribution is 7.16. The maximum Gasteiger partial charge on any atom is 0.396 e. The van der Waals surface area contributed by atoms with Crippen LogP contribution in [-0.4, -0.2) is 11.7 Å². The van der Waals surface area contributed by atoms with Crippen LogP contribution < -0.4 is 10.3 Å². The van der Waals surface area contributed by atoms with Gasteiger partial charge in [0.1, 0.15) is 11.3 Å². The van der Waals surface area contributed by atoms with Crippen LogP contribution in [0.1, 0.15) is 25.3 Å². The number of phenolic OH excluding ortho intramolecular Hbond substituents is 1. The molecule has 0 amide bonds. The van der Waals surface area contributed by atoms with Crippen LogP contribution in [0.25, 0.3) is 10.3 Å². The fourth-order valence-electron chi connectivity index (χ4n) is 2.48. The number of rotatable bonds is 1. The maximum absolute atomic E-state index is 11.2. The lowest BCUT2D eigenvalue weighted by Gasteiger charge is -2.25. The molecule has 1 atom stereocenters. The normalized spacial score (nSPS) is 24.5. The van der Waals surface area contributed by atoms with Crippen molar-refractivity contribution in [3.05, 3.63) is 27.4 Å². The summed E-state index contributed by atoms with van der Waals surface area (Å²) in [6.45, 7) is 3.01. The van der Waals surface area contributed by atoms with E-state index in [2.05, 4.69) is 12.2 Å². The molecule has 1 aliphatic rings. The topological polar surface area (TPSA) is 62.5 Å². The lowest BCUT2D eigenvalue weighted by atomic mass is 9.90. The summed E-state index contributed by atoms with van der Waals surface area (Å²) in [6.07, 6.45) is 2.06. The summed E-state index contributed by atoms with van der Waals surface area (Å²) in [6, 6.07) is 3.40. The monoisotopic (exact) mass is 251 g/mol. The van der Waals surface area contributed by atoms with Crippen molar-refractivity contribution >= 4 is 21.6 Å². The summed E-state index contributed by atoms with van der Waals surface area (Å²) < 4.78 is 5.78. The molecule has 17 heavy (non-hydrogen) atoms. The SMILES string of the molecule is CC1(c2cc3oc(=O)sc3cc2O)CCCN1. The minimum Gasteiger partial charge on any atom is -0.508 e. The van der Waals surface area contributed by atoms with Crippen LogP contribution in [0, 0.1) is 0 Å². The highest BCUT2D eigenvalue weighted by Crippen LogP contribution is 2.38. The molecule has 1 saturated heterocycles. The number of aromatic hydroxyl groups is 1. The third-order valence-electron chi connectivity index (χ3n) is 3.41. The lowest BCUT2D eigenvalue weighted by molar-refractivity contribution is 0.394. The van der Waals surface area contributed by atoms with Gasteiger partial charge in [-0.05, 0) is 32.4 Å². The zero-order valence-electron chi connectivity index (χ0n) is 9.45. The largest absolute Gasteiger partial charge is 0.508 e. The van der Waals surface area contributed by atoms with Gasteiger partial charge in [-0.2, -0.15) is 0 Å². The molecule has 1 aromatic heterocycles. The first-order valence-electron chi connectivity index (χ1n) is 5.61. The molecule has 2 aromatic rings. The molecule has 1 unspecified atom stereocenters. The molecule has 1 fully saturated rings.